The van der Waals surface area contributed by atoms with E-state index in [0.29, 0.717) is 0 Å². The van der Waals surface area contributed by atoms with E-state index >= 15 is 0 Å². The first kappa shape index (κ1) is 13.8. The molecular formula is C10H9F2N5O3. The van der Waals surface area contributed by atoms with Gasteiger partial charge in [0.25, 0.3) is 0 Å². The van der Waals surface area contributed by atoms with Crippen molar-refractivity contribution in [3.05, 3.63) is 35.5 Å². The maximum absolute atomic E-state index is 13.1. The van der Waals surface area contributed by atoms with Gasteiger partial charge in [-0.2, -0.15) is 0 Å². The number of aromatic nitrogens is 2. The Balaban J connectivity index is 2.37. The number of nitrogens with one attached hydrogen (secondary N) is 2. The highest BCUT2D eigenvalue weighted by molar-refractivity contribution is 6.01. The van der Waals surface area contributed by atoms with Gasteiger partial charge in [0.1, 0.15) is 0 Å². The van der Waals surface area contributed by atoms with Crippen molar-refractivity contribution in [1.29, 1.82) is 0 Å². The van der Waals surface area contributed by atoms with Crippen LogP contribution >= 0.6 is 0 Å². The van der Waals surface area contributed by atoms with Crippen molar-refractivity contribution in [3.8, 4) is 0 Å². The van der Waals surface area contributed by atoms with E-state index in [1.165, 1.54) is 13.2 Å². The van der Waals surface area contributed by atoms with Crippen LogP contribution in [0.5, 0.6) is 0 Å². The minimum absolute atomic E-state index is 0.0147. The van der Waals surface area contributed by atoms with Crippen LogP contribution < -0.4 is 11.0 Å². The number of hydroxylamine groups is 1. The van der Waals surface area contributed by atoms with E-state index in [0.717, 1.165) is 12.1 Å². The van der Waals surface area contributed by atoms with Crippen molar-refractivity contribution in [2.24, 2.45) is 4.99 Å². The van der Waals surface area contributed by atoms with Gasteiger partial charge in [-0.25, -0.2) is 23.9 Å². The molecule has 0 aliphatic rings. The summed E-state index contributed by atoms with van der Waals surface area (Å²) in [5.74, 6) is -2.24. The van der Waals surface area contributed by atoms with Crippen molar-refractivity contribution in [3.63, 3.8) is 0 Å². The minimum atomic E-state index is -1.07. The summed E-state index contributed by atoms with van der Waals surface area (Å²) in [7, 11) is 1.33. The SMILES string of the molecule is CONc1nonc1C(=Nc1ccc(F)c(F)c1)NO. The standard InChI is InChI=1S/C10H9F2N5O3/c1-19-16-10-8(15-20-17-10)9(14-18)13-5-2-3-6(11)7(12)4-5/h2-4,18H,1H3,(H,13,14)(H,16,17). The van der Waals surface area contributed by atoms with Crippen molar-refractivity contribution in [2.75, 3.05) is 12.6 Å². The van der Waals surface area contributed by atoms with Gasteiger partial charge in [0.2, 0.25) is 5.82 Å². The van der Waals surface area contributed by atoms with E-state index < -0.39 is 11.6 Å². The second-order valence-electron chi connectivity index (χ2n) is 3.44. The minimum Gasteiger partial charge on any atom is -0.290 e. The molecule has 0 aliphatic heterocycles. The molecule has 0 saturated heterocycles. The number of anilines is 1. The lowest BCUT2D eigenvalue weighted by atomic mass is 10.3. The fraction of sp³-hybridized carbons (Fsp3) is 0.100. The number of aliphatic imine (C=N–C) groups is 1. The van der Waals surface area contributed by atoms with Crippen LogP contribution in [0.4, 0.5) is 20.3 Å². The predicted molar refractivity (Wildman–Crippen MR) is 62.4 cm³/mol. The quantitative estimate of drug-likeness (QED) is 0.442. The summed E-state index contributed by atoms with van der Waals surface area (Å²) in [6.45, 7) is 0. The fourth-order valence-electron chi connectivity index (χ4n) is 1.32. The molecule has 0 saturated carbocycles. The Morgan fingerprint density at radius 3 is 2.80 bits per heavy atom. The third-order valence-corrected chi connectivity index (χ3v) is 2.16. The van der Waals surface area contributed by atoms with E-state index in [4.69, 9.17) is 5.21 Å². The van der Waals surface area contributed by atoms with Crippen molar-refractivity contribution >= 4 is 17.3 Å². The van der Waals surface area contributed by atoms with Gasteiger partial charge in [-0.15, -0.1) is 0 Å². The van der Waals surface area contributed by atoms with Crippen LogP contribution in [0.25, 0.3) is 0 Å². The molecule has 0 bridgehead atoms. The Labute approximate surface area is 110 Å². The van der Waals surface area contributed by atoms with Crippen molar-refractivity contribution < 1.29 is 23.5 Å². The molecule has 0 atom stereocenters. The van der Waals surface area contributed by atoms with Gasteiger partial charge in [0, 0.05) is 6.07 Å². The lowest BCUT2D eigenvalue weighted by Crippen LogP contribution is -2.22. The zero-order valence-electron chi connectivity index (χ0n) is 10.1. The molecule has 10 heteroatoms. The predicted octanol–water partition coefficient (Wildman–Crippen LogP) is 1.38. The zero-order valence-corrected chi connectivity index (χ0v) is 10.1. The molecule has 2 rings (SSSR count). The number of hydrogen-bond acceptors (Lipinski definition) is 7. The molecule has 1 heterocycles. The average molecular weight is 285 g/mol. The Morgan fingerprint density at radius 1 is 1.35 bits per heavy atom. The lowest BCUT2D eigenvalue weighted by Gasteiger charge is -2.03. The van der Waals surface area contributed by atoms with Crippen LogP contribution in [-0.4, -0.2) is 28.5 Å². The molecule has 3 N–H and O–H groups in total. The van der Waals surface area contributed by atoms with E-state index in [-0.39, 0.29) is 23.0 Å². The summed E-state index contributed by atoms with van der Waals surface area (Å²) in [6, 6.07) is 2.97. The number of hydrogen-bond donors (Lipinski definition) is 3. The molecule has 0 radical (unpaired) electrons. The van der Waals surface area contributed by atoms with Crippen molar-refractivity contribution in [2.45, 2.75) is 0 Å². The highest BCUT2D eigenvalue weighted by Gasteiger charge is 2.16. The zero-order chi connectivity index (χ0) is 14.5. The summed E-state index contributed by atoms with van der Waals surface area (Å²) in [4.78, 5) is 8.48. The summed E-state index contributed by atoms with van der Waals surface area (Å²) in [5.41, 5.74) is 4.14. The second kappa shape index (κ2) is 6.04. The maximum Gasteiger partial charge on any atom is 0.225 e. The van der Waals surface area contributed by atoms with E-state index in [2.05, 4.69) is 30.3 Å². The third kappa shape index (κ3) is 2.87. The molecule has 0 spiro atoms. The summed E-state index contributed by atoms with van der Waals surface area (Å²) < 4.78 is 30.3. The van der Waals surface area contributed by atoms with Crippen LogP contribution in [0.3, 0.4) is 0 Å². The number of rotatable bonds is 4. The molecule has 0 amide bonds. The van der Waals surface area contributed by atoms with Gasteiger partial charge in [-0.3, -0.25) is 15.5 Å². The summed E-state index contributed by atoms with van der Waals surface area (Å²) >= 11 is 0. The van der Waals surface area contributed by atoms with Gasteiger partial charge in [-0.1, -0.05) is 0 Å². The molecular weight excluding hydrogens is 276 g/mol. The molecule has 0 aliphatic carbocycles. The van der Waals surface area contributed by atoms with Gasteiger partial charge < -0.3 is 0 Å². The Hall–Kier alpha value is -2.59. The number of benzene rings is 1. The topological polar surface area (TPSA) is 105 Å². The smallest absolute Gasteiger partial charge is 0.225 e. The number of amidine groups is 1. The molecule has 1 aromatic heterocycles. The summed E-state index contributed by atoms with van der Waals surface area (Å²) in [6.07, 6.45) is 0. The average Bonchev–Trinajstić information content (AvgIpc) is 2.88. The van der Waals surface area contributed by atoms with Gasteiger partial charge in [-0.05, 0) is 22.4 Å². The Morgan fingerprint density at radius 2 is 2.15 bits per heavy atom. The molecule has 2 aromatic rings. The highest BCUT2D eigenvalue weighted by Crippen LogP contribution is 2.18. The van der Waals surface area contributed by atoms with Gasteiger partial charge in [0.15, 0.2) is 23.2 Å². The molecule has 8 nitrogen and oxygen atoms in total. The fourth-order valence-corrected chi connectivity index (χ4v) is 1.32. The largest absolute Gasteiger partial charge is 0.290 e. The monoisotopic (exact) mass is 285 g/mol. The van der Waals surface area contributed by atoms with Gasteiger partial charge in [0.05, 0.1) is 12.8 Å². The normalized spacial score (nSPS) is 11.5. The number of nitrogens with zero attached hydrogens (tertiary/aromatic N) is 3. The molecule has 0 unspecified atom stereocenters. The second-order valence-corrected chi connectivity index (χ2v) is 3.44. The molecule has 1 aromatic carbocycles. The van der Waals surface area contributed by atoms with E-state index in [9.17, 15) is 8.78 Å². The van der Waals surface area contributed by atoms with Crippen molar-refractivity contribution in [1.82, 2.24) is 15.8 Å². The molecule has 0 fully saturated rings. The van der Waals surface area contributed by atoms with Gasteiger partial charge >= 0.3 is 0 Å². The van der Waals surface area contributed by atoms with Crippen LogP contribution in [0.2, 0.25) is 0 Å². The maximum atomic E-state index is 13.1. The molecule has 106 valence electrons. The highest BCUT2D eigenvalue weighted by atomic mass is 19.2. The van der Waals surface area contributed by atoms with E-state index in [1.54, 1.807) is 5.48 Å². The van der Waals surface area contributed by atoms with E-state index in [1.807, 2.05) is 0 Å². The first-order valence-electron chi connectivity index (χ1n) is 5.21. The number of halogens is 2. The Kier molecular flexibility index (Phi) is 4.17. The molecule has 20 heavy (non-hydrogen) atoms. The first-order valence-corrected chi connectivity index (χ1v) is 5.21. The summed E-state index contributed by atoms with van der Waals surface area (Å²) in [5, 5.41) is 16.0. The first-order chi connectivity index (χ1) is 9.65. The van der Waals surface area contributed by atoms with Crippen LogP contribution in [0.15, 0.2) is 27.8 Å². The van der Waals surface area contributed by atoms with Crippen LogP contribution in [0.1, 0.15) is 5.69 Å². The van der Waals surface area contributed by atoms with Crippen LogP contribution in [-0.2, 0) is 4.84 Å². The third-order valence-electron chi connectivity index (χ3n) is 2.16. The van der Waals surface area contributed by atoms with Crippen LogP contribution in [0, 0.1) is 11.6 Å². The Bertz CT molecular complexity index is 631. The lowest BCUT2D eigenvalue weighted by molar-refractivity contribution is 0.234.